The molecule has 0 saturated carbocycles. The van der Waals surface area contributed by atoms with Gasteiger partial charge in [-0.25, -0.2) is 4.39 Å². The molecular formula is C20H18FN3O2. The van der Waals surface area contributed by atoms with E-state index in [2.05, 4.69) is 10.2 Å². The summed E-state index contributed by atoms with van der Waals surface area (Å²) in [6.45, 7) is 1.03. The predicted octanol–water partition coefficient (Wildman–Crippen LogP) is 2.58. The van der Waals surface area contributed by atoms with E-state index < -0.39 is 0 Å². The SMILES string of the molecule is N[C@@H]1CCN2c3c(cccc31)C(=O)N[C@H]2C1=Cc2c(F)cccc2OC1. The number of nitrogens with two attached hydrogens (primary N) is 1. The first-order valence-corrected chi connectivity index (χ1v) is 8.71. The van der Waals surface area contributed by atoms with Crippen molar-refractivity contribution in [1.29, 1.82) is 0 Å². The molecule has 0 bridgehead atoms. The van der Waals surface area contributed by atoms with Crippen LogP contribution in [0.4, 0.5) is 10.1 Å². The van der Waals surface area contributed by atoms with Crippen LogP contribution in [0.1, 0.15) is 33.9 Å². The van der Waals surface area contributed by atoms with Crippen LogP contribution in [-0.4, -0.2) is 25.2 Å². The molecule has 2 atom stereocenters. The molecule has 132 valence electrons. The standard InChI is InChI=1S/C20H18FN3O2/c21-15-5-2-6-17-14(15)9-11(10-26-17)19-23-20(25)13-4-1-3-12-16(22)7-8-24(19)18(12)13/h1-6,9,16,19H,7-8,10,22H2,(H,23,25)/t16-,19-/m1/s1. The zero-order valence-corrected chi connectivity index (χ0v) is 14.0. The summed E-state index contributed by atoms with van der Waals surface area (Å²) in [5.41, 5.74) is 10.0. The fourth-order valence-corrected chi connectivity index (χ4v) is 4.07. The van der Waals surface area contributed by atoms with Crippen LogP contribution in [0, 0.1) is 5.82 Å². The summed E-state index contributed by atoms with van der Waals surface area (Å²) in [6, 6.07) is 10.4. The predicted molar refractivity (Wildman–Crippen MR) is 96.5 cm³/mol. The summed E-state index contributed by atoms with van der Waals surface area (Å²) in [6.07, 6.45) is 2.22. The molecule has 26 heavy (non-hydrogen) atoms. The minimum atomic E-state index is -0.364. The summed E-state index contributed by atoms with van der Waals surface area (Å²) in [5.74, 6) is 0.0543. The van der Waals surface area contributed by atoms with Gasteiger partial charge in [-0.05, 0) is 36.3 Å². The van der Waals surface area contributed by atoms with Gasteiger partial charge in [0.25, 0.3) is 5.91 Å². The van der Waals surface area contributed by atoms with Gasteiger partial charge in [0.1, 0.15) is 24.3 Å². The highest BCUT2D eigenvalue weighted by molar-refractivity contribution is 6.03. The Morgan fingerprint density at radius 2 is 2.08 bits per heavy atom. The monoisotopic (exact) mass is 351 g/mol. The van der Waals surface area contributed by atoms with Crippen molar-refractivity contribution in [3.63, 3.8) is 0 Å². The number of hydrogen-bond acceptors (Lipinski definition) is 4. The molecule has 6 heteroatoms. The van der Waals surface area contributed by atoms with Crippen molar-refractivity contribution in [3.8, 4) is 5.75 Å². The average Bonchev–Trinajstić information content (AvgIpc) is 2.66. The van der Waals surface area contributed by atoms with Crippen molar-refractivity contribution >= 4 is 17.7 Å². The lowest BCUT2D eigenvalue weighted by atomic mass is 9.90. The molecule has 3 N–H and O–H groups in total. The Kier molecular flexibility index (Phi) is 3.30. The first-order valence-electron chi connectivity index (χ1n) is 8.71. The Bertz CT molecular complexity index is 956. The number of nitrogens with zero attached hydrogens (tertiary/aromatic N) is 1. The molecular weight excluding hydrogens is 333 g/mol. The summed E-state index contributed by atoms with van der Waals surface area (Å²) in [4.78, 5) is 14.8. The van der Waals surface area contributed by atoms with Gasteiger partial charge >= 0.3 is 0 Å². The van der Waals surface area contributed by atoms with E-state index >= 15 is 0 Å². The molecule has 2 aromatic rings. The average molecular weight is 351 g/mol. The second kappa shape index (κ2) is 5.57. The van der Waals surface area contributed by atoms with E-state index in [-0.39, 0.29) is 23.9 Å². The molecule has 0 fully saturated rings. The Morgan fingerprint density at radius 1 is 1.23 bits per heavy atom. The van der Waals surface area contributed by atoms with Crippen LogP contribution in [0.5, 0.6) is 5.75 Å². The number of halogens is 1. The van der Waals surface area contributed by atoms with Crippen molar-refractivity contribution in [1.82, 2.24) is 5.32 Å². The second-order valence-corrected chi connectivity index (χ2v) is 6.87. The molecule has 0 radical (unpaired) electrons. The maximum Gasteiger partial charge on any atom is 0.255 e. The molecule has 0 aromatic heterocycles. The van der Waals surface area contributed by atoms with E-state index in [4.69, 9.17) is 10.5 Å². The van der Waals surface area contributed by atoms with E-state index in [0.717, 1.165) is 29.8 Å². The molecule has 3 heterocycles. The topological polar surface area (TPSA) is 67.6 Å². The Balaban J connectivity index is 1.62. The Hall–Kier alpha value is -2.86. The van der Waals surface area contributed by atoms with Gasteiger partial charge in [-0.3, -0.25) is 4.79 Å². The highest BCUT2D eigenvalue weighted by atomic mass is 19.1. The molecule has 0 saturated heterocycles. The lowest BCUT2D eigenvalue weighted by Crippen LogP contribution is -2.57. The molecule has 1 amide bonds. The highest BCUT2D eigenvalue weighted by Crippen LogP contribution is 2.40. The summed E-state index contributed by atoms with van der Waals surface area (Å²) in [7, 11) is 0. The number of fused-ring (bicyclic) bond motifs is 1. The van der Waals surface area contributed by atoms with Crippen LogP contribution in [-0.2, 0) is 0 Å². The number of benzene rings is 2. The van der Waals surface area contributed by atoms with Gasteiger partial charge in [0, 0.05) is 18.2 Å². The minimum absolute atomic E-state index is 0.0810. The smallest absolute Gasteiger partial charge is 0.255 e. The van der Waals surface area contributed by atoms with E-state index in [1.54, 1.807) is 18.2 Å². The van der Waals surface area contributed by atoms with Crippen molar-refractivity contribution in [2.24, 2.45) is 5.73 Å². The number of rotatable bonds is 1. The van der Waals surface area contributed by atoms with Gasteiger partial charge in [0.15, 0.2) is 0 Å². The Labute approximate surface area is 150 Å². The number of para-hydroxylation sites is 1. The molecule has 5 rings (SSSR count). The van der Waals surface area contributed by atoms with Crippen molar-refractivity contribution in [2.75, 3.05) is 18.1 Å². The first-order chi connectivity index (χ1) is 12.6. The number of ether oxygens (including phenoxy) is 1. The zero-order chi connectivity index (χ0) is 17.8. The van der Waals surface area contributed by atoms with Crippen LogP contribution in [0.2, 0.25) is 0 Å². The summed E-state index contributed by atoms with van der Waals surface area (Å²) >= 11 is 0. The summed E-state index contributed by atoms with van der Waals surface area (Å²) in [5, 5.41) is 3.04. The molecule has 5 nitrogen and oxygen atoms in total. The lowest BCUT2D eigenvalue weighted by molar-refractivity contribution is 0.0930. The van der Waals surface area contributed by atoms with Crippen LogP contribution < -0.4 is 20.7 Å². The second-order valence-electron chi connectivity index (χ2n) is 6.87. The fourth-order valence-electron chi connectivity index (χ4n) is 4.07. The molecule has 3 aliphatic heterocycles. The van der Waals surface area contributed by atoms with Crippen LogP contribution in [0.15, 0.2) is 42.0 Å². The van der Waals surface area contributed by atoms with E-state index in [1.165, 1.54) is 6.07 Å². The fraction of sp³-hybridized carbons (Fsp3) is 0.250. The van der Waals surface area contributed by atoms with E-state index in [0.29, 0.717) is 23.5 Å². The van der Waals surface area contributed by atoms with Crippen molar-refractivity contribution in [2.45, 2.75) is 18.6 Å². The van der Waals surface area contributed by atoms with E-state index in [1.807, 2.05) is 18.2 Å². The first kappa shape index (κ1) is 15.4. The van der Waals surface area contributed by atoms with Gasteiger partial charge in [0.2, 0.25) is 0 Å². The maximum absolute atomic E-state index is 14.2. The quantitative estimate of drug-likeness (QED) is 0.829. The third-order valence-corrected chi connectivity index (χ3v) is 5.35. The lowest BCUT2D eigenvalue weighted by Gasteiger charge is -2.45. The normalized spacial score (nSPS) is 23.4. The van der Waals surface area contributed by atoms with E-state index in [9.17, 15) is 9.18 Å². The van der Waals surface area contributed by atoms with Crippen LogP contribution >= 0.6 is 0 Å². The van der Waals surface area contributed by atoms with Crippen LogP contribution in [0.25, 0.3) is 6.08 Å². The molecule has 0 aliphatic carbocycles. The van der Waals surface area contributed by atoms with Gasteiger partial charge in [-0.15, -0.1) is 0 Å². The minimum Gasteiger partial charge on any atom is -0.488 e. The van der Waals surface area contributed by atoms with Gasteiger partial charge < -0.3 is 20.7 Å². The number of hydrogen-bond donors (Lipinski definition) is 2. The molecule has 0 spiro atoms. The number of anilines is 1. The largest absolute Gasteiger partial charge is 0.488 e. The number of carbonyl (C=O) groups is 1. The zero-order valence-electron chi connectivity index (χ0n) is 14.0. The van der Waals surface area contributed by atoms with Crippen molar-refractivity contribution < 1.29 is 13.9 Å². The number of nitrogens with one attached hydrogen (secondary N) is 1. The van der Waals surface area contributed by atoms with Gasteiger partial charge in [-0.1, -0.05) is 18.2 Å². The van der Waals surface area contributed by atoms with Crippen LogP contribution in [0.3, 0.4) is 0 Å². The molecule has 3 aliphatic rings. The third-order valence-electron chi connectivity index (χ3n) is 5.35. The van der Waals surface area contributed by atoms with Gasteiger partial charge in [0.05, 0.1) is 16.8 Å². The highest BCUT2D eigenvalue weighted by Gasteiger charge is 2.38. The third kappa shape index (κ3) is 2.15. The number of carbonyl (C=O) groups excluding carboxylic acids is 1. The van der Waals surface area contributed by atoms with Gasteiger partial charge in [-0.2, -0.15) is 0 Å². The Morgan fingerprint density at radius 3 is 2.96 bits per heavy atom. The maximum atomic E-state index is 14.2. The van der Waals surface area contributed by atoms with Crippen molar-refractivity contribution in [3.05, 3.63) is 64.5 Å². The molecule has 0 unspecified atom stereocenters. The molecule has 2 aromatic carbocycles. The number of amides is 1. The summed E-state index contributed by atoms with van der Waals surface area (Å²) < 4.78 is 19.9.